The van der Waals surface area contributed by atoms with Gasteiger partial charge in [0.2, 0.25) is 0 Å². The van der Waals surface area contributed by atoms with Gasteiger partial charge in [-0.2, -0.15) is 0 Å². The lowest BCUT2D eigenvalue weighted by atomic mass is 9.82. The van der Waals surface area contributed by atoms with Gasteiger partial charge < -0.3 is 4.57 Å². The molecule has 2 aromatic rings. The Labute approximate surface area is 213 Å². The Kier molecular flexibility index (Phi) is 5.21. The molecular weight excluding hydrogens is 442 g/mol. The second kappa shape index (κ2) is 8.45. The molecule has 1 unspecified atom stereocenters. The molecule has 0 spiro atoms. The van der Waals surface area contributed by atoms with E-state index in [1.165, 1.54) is 66.4 Å². The standard InChI is InChI=1S/C33H33NS/c1-21(2)34-30-11-7-6-10-26(30)27-18-24(12-15-31(27)34)25-14-17-33-29(20-25)28-19-23(13-16-32(28)35-33)22-8-4-3-5-9-22/h3-6,8-10,13,18-21,32H,7,11-12,14-17H2,1-2H3. The summed E-state index contributed by atoms with van der Waals surface area (Å²) in [5.41, 5.74) is 15.1. The van der Waals surface area contributed by atoms with Crippen LogP contribution in [0.2, 0.25) is 0 Å². The van der Waals surface area contributed by atoms with E-state index in [9.17, 15) is 0 Å². The van der Waals surface area contributed by atoms with Gasteiger partial charge in [-0.15, -0.1) is 11.8 Å². The lowest BCUT2D eigenvalue weighted by Crippen LogP contribution is -2.12. The molecule has 0 saturated heterocycles. The highest BCUT2D eigenvalue weighted by Crippen LogP contribution is 2.52. The molecule has 1 atom stereocenters. The smallest absolute Gasteiger partial charge is 0.0382 e. The number of thioether (sulfide) groups is 1. The third-order valence-corrected chi connectivity index (χ3v) is 9.80. The first-order chi connectivity index (χ1) is 17.2. The molecule has 0 saturated carbocycles. The first-order valence-electron chi connectivity index (χ1n) is 13.4. The minimum atomic E-state index is 0.535. The molecule has 1 aromatic heterocycles. The number of hydrogen-bond donors (Lipinski definition) is 0. The van der Waals surface area contributed by atoms with E-state index >= 15 is 0 Å². The number of hydrogen-bond acceptors (Lipinski definition) is 1. The molecule has 0 N–H and O–H groups in total. The van der Waals surface area contributed by atoms with Crippen molar-refractivity contribution in [3.8, 4) is 0 Å². The number of nitrogens with zero attached hydrogens (tertiary/aromatic N) is 1. The van der Waals surface area contributed by atoms with Gasteiger partial charge in [0.05, 0.1) is 0 Å². The van der Waals surface area contributed by atoms with Crippen LogP contribution in [0.4, 0.5) is 0 Å². The summed E-state index contributed by atoms with van der Waals surface area (Å²) in [4.78, 5) is 1.62. The largest absolute Gasteiger partial charge is 0.345 e. The summed E-state index contributed by atoms with van der Waals surface area (Å²) in [6, 6.07) is 11.4. The van der Waals surface area contributed by atoms with Gasteiger partial charge >= 0.3 is 0 Å². The number of benzene rings is 1. The third-order valence-electron chi connectivity index (χ3n) is 8.36. The quantitative estimate of drug-likeness (QED) is 0.429. The van der Waals surface area contributed by atoms with E-state index in [1.807, 2.05) is 0 Å². The highest BCUT2D eigenvalue weighted by atomic mass is 32.2. The maximum Gasteiger partial charge on any atom is 0.0382 e. The maximum atomic E-state index is 2.65. The van der Waals surface area contributed by atoms with E-state index in [2.05, 4.69) is 97.0 Å². The van der Waals surface area contributed by atoms with Gasteiger partial charge in [0.15, 0.2) is 0 Å². The molecule has 0 amide bonds. The van der Waals surface area contributed by atoms with Crippen molar-refractivity contribution < 1.29 is 0 Å². The Morgan fingerprint density at radius 2 is 1.66 bits per heavy atom. The van der Waals surface area contributed by atoms with Crippen molar-refractivity contribution >= 4 is 29.5 Å². The zero-order valence-electron chi connectivity index (χ0n) is 20.8. The monoisotopic (exact) mass is 475 g/mol. The molecular formula is C33H33NS. The van der Waals surface area contributed by atoms with Crippen LogP contribution in [0.25, 0.3) is 17.7 Å². The van der Waals surface area contributed by atoms with Gasteiger partial charge in [0.1, 0.15) is 0 Å². The molecule has 0 radical (unpaired) electrons. The van der Waals surface area contributed by atoms with E-state index in [0.29, 0.717) is 11.3 Å². The zero-order chi connectivity index (χ0) is 23.5. The van der Waals surface area contributed by atoms with Crippen molar-refractivity contribution in [1.29, 1.82) is 0 Å². The average molecular weight is 476 g/mol. The van der Waals surface area contributed by atoms with Crippen molar-refractivity contribution in [2.45, 2.75) is 70.1 Å². The molecule has 2 heterocycles. The SMILES string of the molecule is CC(C)n1c2c(c3c1CCC(C1=CC4=C(CC1)SC1CC=C(c5ccccc5)C=C41)=C3)C=CCC2. The highest BCUT2D eigenvalue weighted by Gasteiger charge is 2.34. The van der Waals surface area contributed by atoms with Crippen LogP contribution < -0.4 is 0 Å². The van der Waals surface area contributed by atoms with E-state index in [1.54, 1.807) is 33.0 Å². The van der Waals surface area contributed by atoms with Crippen LogP contribution in [0, 0.1) is 0 Å². The Morgan fingerprint density at radius 1 is 0.857 bits per heavy atom. The first kappa shape index (κ1) is 21.6. The molecule has 0 fully saturated rings. The molecule has 1 aliphatic heterocycles. The van der Waals surface area contributed by atoms with Crippen LogP contribution in [0.1, 0.15) is 80.1 Å². The van der Waals surface area contributed by atoms with Gasteiger partial charge in [0, 0.05) is 33.8 Å². The van der Waals surface area contributed by atoms with Crippen molar-refractivity contribution in [1.82, 2.24) is 4.57 Å². The van der Waals surface area contributed by atoms with E-state index in [4.69, 9.17) is 0 Å². The number of aromatic nitrogens is 1. The lowest BCUT2D eigenvalue weighted by molar-refractivity contribution is 0.547. The fraction of sp³-hybridized carbons (Fsp3) is 0.333. The summed E-state index contributed by atoms with van der Waals surface area (Å²) in [5, 5.41) is 0.604. The topological polar surface area (TPSA) is 4.93 Å². The average Bonchev–Trinajstić information content (AvgIpc) is 3.43. The molecule has 4 aliphatic carbocycles. The highest BCUT2D eigenvalue weighted by molar-refractivity contribution is 8.04. The van der Waals surface area contributed by atoms with Crippen LogP contribution >= 0.6 is 11.8 Å². The fourth-order valence-corrected chi connectivity index (χ4v) is 8.15. The summed E-state index contributed by atoms with van der Waals surface area (Å²) in [7, 11) is 0. The molecule has 0 bridgehead atoms. The molecule has 7 rings (SSSR count). The second-order valence-electron chi connectivity index (χ2n) is 10.8. The van der Waals surface area contributed by atoms with Crippen molar-refractivity contribution in [3.05, 3.63) is 110 Å². The summed E-state index contributed by atoms with van der Waals surface area (Å²) < 4.78 is 2.65. The van der Waals surface area contributed by atoms with Crippen LogP contribution in [-0.2, 0) is 12.8 Å². The van der Waals surface area contributed by atoms with Gasteiger partial charge in [-0.3, -0.25) is 0 Å². The maximum absolute atomic E-state index is 2.65. The summed E-state index contributed by atoms with van der Waals surface area (Å²) >= 11 is 2.13. The number of fused-ring (bicyclic) bond motifs is 5. The van der Waals surface area contributed by atoms with Gasteiger partial charge in [-0.1, -0.05) is 54.6 Å². The Bertz CT molecular complexity index is 1400. The minimum Gasteiger partial charge on any atom is -0.345 e. The lowest BCUT2D eigenvalue weighted by Gasteiger charge is -2.24. The molecule has 5 aliphatic rings. The van der Waals surface area contributed by atoms with Gasteiger partial charge in [-0.05, 0) is 109 Å². The van der Waals surface area contributed by atoms with Crippen LogP contribution in [0.5, 0.6) is 0 Å². The predicted molar refractivity (Wildman–Crippen MR) is 151 cm³/mol. The number of allylic oxidation sites excluding steroid dienone is 9. The molecule has 2 heteroatoms. The van der Waals surface area contributed by atoms with E-state index in [0.717, 1.165) is 6.42 Å². The van der Waals surface area contributed by atoms with Crippen LogP contribution in [0.15, 0.2) is 81.8 Å². The third kappa shape index (κ3) is 3.52. The fourth-order valence-electron chi connectivity index (χ4n) is 6.76. The summed E-state index contributed by atoms with van der Waals surface area (Å²) in [6.45, 7) is 4.69. The van der Waals surface area contributed by atoms with E-state index in [-0.39, 0.29) is 0 Å². The zero-order valence-corrected chi connectivity index (χ0v) is 21.6. The Hall–Kier alpha value is -2.71. The molecule has 1 nitrogen and oxygen atoms in total. The van der Waals surface area contributed by atoms with Gasteiger partial charge in [-0.25, -0.2) is 0 Å². The molecule has 35 heavy (non-hydrogen) atoms. The van der Waals surface area contributed by atoms with Crippen LogP contribution in [-0.4, -0.2) is 9.82 Å². The normalized spacial score (nSPS) is 22.7. The Balaban J connectivity index is 1.26. The summed E-state index contributed by atoms with van der Waals surface area (Å²) in [6.07, 6.45) is 23.1. The van der Waals surface area contributed by atoms with Crippen LogP contribution in [0.3, 0.4) is 0 Å². The van der Waals surface area contributed by atoms with Gasteiger partial charge in [0.25, 0.3) is 0 Å². The summed E-state index contributed by atoms with van der Waals surface area (Å²) in [5.74, 6) is 0. The second-order valence-corrected chi connectivity index (χ2v) is 12.1. The first-order valence-corrected chi connectivity index (χ1v) is 14.3. The Morgan fingerprint density at radius 3 is 2.51 bits per heavy atom. The molecule has 176 valence electrons. The van der Waals surface area contributed by atoms with Crippen molar-refractivity contribution in [3.63, 3.8) is 0 Å². The predicted octanol–water partition coefficient (Wildman–Crippen LogP) is 8.86. The molecule has 1 aromatic carbocycles. The minimum absolute atomic E-state index is 0.535. The number of rotatable bonds is 3. The van der Waals surface area contributed by atoms with E-state index < -0.39 is 0 Å². The van der Waals surface area contributed by atoms with Crippen molar-refractivity contribution in [2.75, 3.05) is 0 Å². The van der Waals surface area contributed by atoms with Crippen molar-refractivity contribution in [2.24, 2.45) is 0 Å².